The number of nitrogens with one attached hydrogen (secondary N) is 1. The van der Waals surface area contributed by atoms with Gasteiger partial charge in [0, 0.05) is 12.1 Å². The molecule has 0 spiro atoms. The largest absolute Gasteiger partial charge is 0.496 e. The van der Waals surface area contributed by atoms with Gasteiger partial charge in [0.05, 0.1) is 44.4 Å². The van der Waals surface area contributed by atoms with Crippen LogP contribution in [0.4, 0.5) is 18.9 Å². The predicted molar refractivity (Wildman–Crippen MR) is 88.8 cm³/mol. The molecule has 0 saturated carbocycles. The van der Waals surface area contributed by atoms with Gasteiger partial charge in [0.15, 0.2) is 0 Å². The highest BCUT2D eigenvalue weighted by Gasteiger charge is 2.33. The van der Waals surface area contributed by atoms with Gasteiger partial charge in [-0.1, -0.05) is 12.1 Å². The first-order valence-electron chi connectivity index (χ1n) is 7.16. The van der Waals surface area contributed by atoms with Gasteiger partial charge < -0.3 is 14.2 Å². The number of para-hydroxylation sites is 1. The quantitative estimate of drug-likeness (QED) is 0.625. The smallest absolute Gasteiger partial charge is 0.418 e. The first kappa shape index (κ1) is 18.4. The Balaban J connectivity index is 2.32. The fourth-order valence-electron chi connectivity index (χ4n) is 2.15. The third-order valence-corrected chi connectivity index (χ3v) is 3.36. The molecule has 0 aliphatic rings. The maximum Gasteiger partial charge on any atom is 0.418 e. The van der Waals surface area contributed by atoms with Crippen molar-refractivity contribution in [2.45, 2.75) is 6.18 Å². The van der Waals surface area contributed by atoms with Gasteiger partial charge in [0.25, 0.3) is 0 Å². The molecule has 0 atom stereocenters. The highest BCUT2D eigenvalue weighted by atomic mass is 19.4. The summed E-state index contributed by atoms with van der Waals surface area (Å²) in [5, 5.41) is 3.88. The van der Waals surface area contributed by atoms with Gasteiger partial charge in [-0.2, -0.15) is 18.3 Å². The van der Waals surface area contributed by atoms with Crippen LogP contribution in [0, 0.1) is 0 Å². The summed E-state index contributed by atoms with van der Waals surface area (Å²) in [4.78, 5) is 0. The van der Waals surface area contributed by atoms with Gasteiger partial charge in [-0.3, -0.25) is 5.43 Å². The van der Waals surface area contributed by atoms with E-state index in [4.69, 9.17) is 14.2 Å². The number of rotatable bonds is 6. The number of halogens is 3. The number of hydrogen-bond donors (Lipinski definition) is 1. The maximum absolute atomic E-state index is 13.0. The summed E-state index contributed by atoms with van der Waals surface area (Å²) in [5.41, 5.74) is 1.91. The van der Waals surface area contributed by atoms with Crippen LogP contribution in [0.15, 0.2) is 41.5 Å². The summed E-state index contributed by atoms with van der Waals surface area (Å²) in [7, 11) is 4.41. The molecule has 8 heteroatoms. The van der Waals surface area contributed by atoms with E-state index in [1.807, 2.05) is 0 Å². The Morgan fingerprint density at radius 2 is 1.56 bits per heavy atom. The molecule has 0 fully saturated rings. The molecule has 25 heavy (non-hydrogen) atoms. The van der Waals surface area contributed by atoms with E-state index in [2.05, 4.69) is 10.5 Å². The zero-order chi connectivity index (χ0) is 18.4. The summed E-state index contributed by atoms with van der Waals surface area (Å²) in [5.74, 6) is 1.33. The van der Waals surface area contributed by atoms with Crippen LogP contribution in [0.1, 0.15) is 11.1 Å². The Labute approximate surface area is 143 Å². The van der Waals surface area contributed by atoms with Crippen LogP contribution in [-0.2, 0) is 6.18 Å². The number of benzene rings is 2. The van der Waals surface area contributed by atoms with Gasteiger partial charge in [-0.15, -0.1) is 0 Å². The lowest BCUT2D eigenvalue weighted by Gasteiger charge is -2.13. The molecule has 5 nitrogen and oxygen atoms in total. The average molecular weight is 354 g/mol. The van der Waals surface area contributed by atoms with Crippen molar-refractivity contribution < 1.29 is 27.4 Å². The number of hydrogen-bond acceptors (Lipinski definition) is 5. The van der Waals surface area contributed by atoms with Gasteiger partial charge in [0.1, 0.15) is 17.2 Å². The zero-order valence-electron chi connectivity index (χ0n) is 13.8. The van der Waals surface area contributed by atoms with Crippen molar-refractivity contribution in [1.82, 2.24) is 0 Å². The lowest BCUT2D eigenvalue weighted by Crippen LogP contribution is -2.08. The van der Waals surface area contributed by atoms with Crippen molar-refractivity contribution in [3.05, 3.63) is 47.5 Å². The van der Waals surface area contributed by atoms with Crippen LogP contribution >= 0.6 is 0 Å². The predicted octanol–water partition coefficient (Wildman–Crippen LogP) is 4.18. The molecule has 2 aromatic carbocycles. The van der Waals surface area contributed by atoms with E-state index in [1.165, 1.54) is 45.7 Å². The van der Waals surface area contributed by atoms with Crippen molar-refractivity contribution >= 4 is 11.9 Å². The minimum absolute atomic E-state index is 0.155. The van der Waals surface area contributed by atoms with Crippen molar-refractivity contribution in [3.8, 4) is 17.2 Å². The molecule has 0 saturated heterocycles. The first-order chi connectivity index (χ1) is 11.9. The zero-order valence-corrected chi connectivity index (χ0v) is 13.8. The minimum atomic E-state index is -4.48. The fourth-order valence-corrected chi connectivity index (χ4v) is 2.15. The van der Waals surface area contributed by atoms with Gasteiger partial charge in [-0.25, -0.2) is 0 Å². The molecule has 0 aromatic heterocycles. The molecule has 2 aromatic rings. The number of ether oxygens (including phenoxy) is 3. The van der Waals surface area contributed by atoms with Crippen molar-refractivity contribution in [3.63, 3.8) is 0 Å². The second kappa shape index (κ2) is 7.78. The summed E-state index contributed by atoms with van der Waals surface area (Å²) in [6, 6.07) is 8.31. The molecular weight excluding hydrogens is 337 g/mol. The number of nitrogens with zero attached hydrogens (tertiary/aromatic N) is 1. The summed E-state index contributed by atoms with van der Waals surface area (Å²) >= 11 is 0. The van der Waals surface area contributed by atoms with E-state index in [0.29, 0.717) is 22.8 Å². The third kappa shape index (κ3) is 4.34. The standard InChI is InChI=1S/C17H17F3N2O3/c1-23-11-8-15(24-2)12(16(9-11)25-3)10-21-22-14-7-5-4-6-13(14)17(18,19)20/h4-10,22H,1-3H3/b21-10-. The molecule has 0 aliphatic heterocycles. The average Bonchev–Trinajstić information content (AvgIpc) is 2.61. The van der Waals surface area contributed by atoms with Crippen LogP contribution < -0.4 is 19.6 Å². The van der Waals surface area contributed by atoms with Gasteiger partial charge in [0.2, 0.25) is 0 Å². The van der Waals surface area contributed by atoms with E-state index in [9.17, 15) is 13.2 Å². The van der Waals surface area contributed by atoms with Gasteiger partial charge >= 0.3 is 6.18 Å². The van der Waals surface area contributed by atoms with Gasteiger partial charge in [-0.05, 0) is 12.1 Å². The molecule has 0 amide bonds. The van der Waals surface area contributed by atoms with Crippen LogP contribution in [0.3, 0.4) is 0 Å². The van der Waals surface area contributed by atoms with E-state index in [-0.39, 0.29) is 5.69 Å². The number of alkyl halides is 3. The molecule has 0 radical (unpaired) electrons. The monoisotopic (exact) mass is 354 g/mol. The lowest BCUT2D eigenvalue weighted by molar-refractivity contribution is -0.136. The van der Waals surface area contributed by atoms with Crippen molar-refractivity contribution in [2.75, 3.05) is 26.8 Å². The summed E-state index contributed by atoms with van der Waals surface area (Å²) < 4.78 is 54.6. The first-order valence-corrected chi connectivity index (χ1v) is 7.16. The molecule has 0 heterocycles. The Bertz CT molecular complexity index is 736. The lowest BCUT2D eigenvalue weighted by atomic mass is 10.1. The van der Waals surface area contributed by atoms with Crippen LogP contribution in [0.5, 0.6) is 17.2 Å². The minimum Gasteiger partial charge on any atom is -0.496 e. The highest BCUT2D eigenvalue weighted by molar-refractivity contribution is 5.88. The molecule has 0 aliphatic carbocycles. The maximum atomic E-state index is 13.0. The SMILES string of the molecule is COc1cc(OC)c(/C=N\Nc2ccccc2C(F)(F)F)c(OC)c1. The fraction of sp³-hybridized carbons (Fsp3) is 0.235. The molecule has 0 unspecified atom stereocenters. The van der Waals surface area contributed by atoms with E-state index < -0.39 is 11.7 Å². The topological polar surface area (TPSA) is 52.1 Å². The molecule has 0 bridgehead atoms. The second-order valence-electron chi connectivity index (χ2n) is 4.86. The van der Waals surface area contributed by atoms with Crippen LogP contribution in [-0.4, -0.2) is 27.5 Å². The van der Waals surface area contributed by atoms with Crippen LogP contribution in [0.25, 0.3) is 0 Å². The molecule has 134 valence electrons. The molecular formula is C17H17F3N2O3. The van der Waals surface area contributed by atoms with Crippen molar-refractivity contribution in [2.24, 2.45) is 5.10 Å². The number of anilines is 1. The highest BCUT2D eigenvalue weighted by Crippen LogP contribution is 2.35. The van der Waals surface area contributed by atoms with E-state index >= 15 is 0 Å². The van der Waals surface area contributed by atoms with Crippen molar-refractivity contribution in [1.29, 1.82) is 0 Å². The second-order valence-corrected chi connectivity index (χ2v) is 4.86. The van der Waals surface area contributed by atoms with E-state index in [0.717, 1.165) is 6.07 Å². The number of methoxy groups -OCH3 is 3. The molecule has 1 N–H and O–H groups in total. The summed E-state index contributed by atoms with van der Waals surface area (Å²) in [6.07, 6.45) is -3.15. The Hall–Kier alpha value is -2.90. The molecule has 2 rings (SSSR count). The van der Waals surface area contributed by atoms with Crippen LogP contribution in [0.2, 0.25) is 0 Å². The van der Waals surface area contributed by atoms with E-state index in [1.54, 1.807) is 12.1 Å². The normalized spacial score (nSPS) is 11.4. The Morgan fingerprint density at radius 1 is 0.960 bits per heavy atom. The summed E-state index contributed by atoms with van der Waals surface area (Å²) in [6.45, 7) is 0. The number of hydrazone groups is 1. The third-order valence-electron chi connectivity index (χ3n) is 3.36. The Kier molecular flexibility index (Phi) is 5.74. The Morgan fingerprint density at radius 3 is 2.08 bits per heavy atom.